The summed E-state index contributed by atoms with van der Waals surface area (Å²) in [6.45, 7) is 4.16. The van der Waals surface area contributed by atoms with E-state index in [1.165, 1.54) is 4.68 Å². The average molecular weight is 226 g/mol. The summed E-state index contributed by atoms with van der Waals surface area (Å²) in [6.07, 6.45) is 1.11. The van der Waals surface area contributed by atoms with Gasteiger partial charge in [-0.05, 0) is 12.0 Å². The van der Waals surface area contributed by atoms with E-state index < -0.39 is 6.10 Å². The van der Waals surface area contributed by atoms with Gasteiger partial charge in [0.05, 0.1) is 6.10 Å². The summed E-state index contributed by atoms with van der Waals surface area (Å²) in [6, 6.07) is 1.62. The van der Waals surface area contributed by atoms with Crippen molar-refractivity contribution in [1.82, 2.24) is 15.1 Å². The number of aromatic nitrogens is 2. The number of amides is 1. The number of nitrogens with one attached hydrogen (secondary N) is 1. The van der Waals surface area contributed by atoms with Crippen molar-refractivity contribution in [1.29, 1.82) is 0 Å². The topological polar surface area (TPSA) is 93.2 Å². The Morgan fingerprint density at radius 3 is 2.88 bits per heavy atom. The molecule has 0 spiro atoms. The number of nitrogen functional groups attached to an aromatic ring is 1. The highest BCUT2D eigenvalue weighted by Crippen LogP contribution is 1.99. The third kappa shape index (κ3) is 3.90. The van der Waals surface area contributed by atoms with E-state index in [1.54, 1.807) is 12.3 Å². The van der Waals surface area contributed by atoms with Crippen LogP contribution < -0.4 is 11.1 Å². The molecule has 0 bridgehead atoms. The number of nitrogens with zero attached hydrogens (tertiary/aromatic N) is 2. The van der Waals surface area contributed by atoms with Gasteiger partial charge in [-0.2, -0.15) is 5.10 Å². The molecule has 1 unspecified atom stereocenters. The van der Waals surface area contributed by atoms with Gasteiger partial charge < -0.3 is 16.2 Å². The molecule has 90 valence electrons. The Hall–Kier alpha value is -1.56. The number of hydrogen-bond donors (Lipinski definition) is 3. The first-order valence-corrected chi connectivity index (χ1v) is 5.22. The highest BCUT2D eigenvalue weighted by molar-refractivity contribution is 5.75. The van der Waals surface area contributed by atoms with Gasteiger partial charge in [0.15, 0.2) is 0 Å². The molecule has 1 atom stereocenters. The quantitative estimate of drug-likeness (QED) is 0.636. The van der Waals surface area contributed by atoms with Gasteiger partial charge in [-0.3, -0.25) is 9.48 Å². The Morgan fingerprint density at radius 2 is 2.38 bits per heavy atom. The van der Waals surface area contributed by atoms with Crippen molar-refractivity contribution in [3.05, 3.63) is 12.3 Å². The molecule has 0 radical (unpaired) electrons. The van der Waals surface area contributed by atoms with Crippen molar-refractivity contribution in [3.8, 4) is 0 Å². The minimum absolute atomic E-state index is 0.113. The van der Waals surface area contributed by atoms with Gasteiger partial charge in [0.25, 0.3) is 0 Å². The summed E-state index contributed by atoms with van der Waals surface area (Å²) in [5.74, 6) is 0.318. The van der Waals surface area contributed by atoms with Crippen LogP contribution in [0.4, 0.5) is 5.82 Å². The van der Waals surface area contributed by atoms with Gasteiger partial charge in [-0.15, -0.1) is 0 Å². The average Bonchev–Trinajstić information content (AvgIpc) is 2.60. The molecular formula is C10H18N4O2. The van der Waals surface area contributed by atoms with E-state index in [1.807, 2.05) is 13.8 Å². The molecule has 1 heterocycles. The number of carbonyl (C=O) groups is 1. The maximum Gasteiger partial charge on any atom is 0.241 e. The predicted octanol–water partition coefficient (Wildman–Crippen LogP) is -0.402. The molecule has 1 amide bonds. The largest absolute Gasteiger partial charge is 0.391 e. The normalized spacial score (nSPS) is 12.8. The fraction of sp³-hybridized carbons (Fsp3) is 0.600. The van der Waals surface area contributed by atoms with Crippen molar-refractivity contribution in [2.24, 2.45) is 5.92 Å². The first-order chi connectivity index (χ1) is 7.49. The minimum Gasteiger partial charge on any atom is -0.391 e. The lowest BCUT2D eigenvalue weighted by atomic mass is 10.1. The summed E-state index contributed by atoms with van der Waals surface area (Å²) in [5, 5.41) is 16.0. The van der Waals surface area contributed by atoms with Gasteiger partial charge in [0, 0.05) is 12.7 Å². The lowest BCUT2D eigenvalue weighted by molar-refractivity contribution is -0.122. The van der Waals surface area contributed by atoms with Crippen LogP contribution in [-0.4, -0.2) is 33.4 Å². The number of aliphatic hydroxyl groups is 1. The molecule has 16 heavy (non-hydrogen) atoms. The van der Waals surface area contributed by atoms with Crippen molar-refractivity contribution in [3.63, 3.8) is 0 Å². The Kier molecular flexibility index (Phi) is 4.30. The van der Waals surface area contributed by atoms with E-state index in [9.17, 15) is 9.90 Å². The zero-order valence-corrected chi connectivity index (χ0v) is 9.55. The summed E-state index contributed by atoms with van der Waals surface area (Å²) >= 11 is 0. The molecule has 0 aliphatic heterocycles. The summed E-state index contributed by atoms with van der Waals surface area (Å²) in [4.78, 5) is 11.4. The molecule has 0 fully saturated rings. The van der Waals surface area contributed by atoms with Crippen LogP contribution in [0.15, 0.2) is 12.3 Å². The van der Waals surface area contributed by atoms with E-state index >= 15 is 0 Å². The number of rotatable bonds is 5. The molecule has 1 rings (SSSR count). The van der Waals surface area contributed by atoms with Gasteiger partial charge in [-0.1, -0.05) is 13.8 Å². The lowest BCUT2D eigenvalue weighted by Crippen LogP contribution is -2.36. The van der Waals surface area contributed by atoms with Crippen LogP contribution in [0.25, 0.3) is 0 Å². The number of aliphatic hydroxyl groups excluding tert-OH is 1. The maximum atomic E-state index is 11.4. The number of nitrogens with two attached hydrogens (primary N) is 1. The minimum atomic E-state index is -0.522. The maximum absolute atomic E-state index is 11.4. The summed E-state index contributed by atoms with van der Waals surface area (Å²) < 4.78 is 1.45. The Bertz CT molecular complexity index is 348. The van der Waals surface area contributed by atoms with E-state index in [4.69, 9.17) is 5.73 Å². The monoisotopic (exact) mass is 226 g/mol. The zero-order chi connectivity index (χ0) is 12.1. The second-order valence-electron chi connectivity index (χ2n) is 4.05. The third-order valence-corrected chi connectivity index (χ3v) is 2.24. The second kappa shape index (κ2) is 5.50. The zero-order valence-electron chi connectivity index (χ0n) is 9.55. The Morgan fingerprint density at radius 1 is 1.69 bits per heavy atom. The first-order valence-electron chi connectivity index (χ1n) is 5.22. The molecule has 0 aromatic carbocycles. The standard InChI is InChI=1S/C10H18N4O2/c1-7(2)8(15)5-12-10(16)6-14-4-3-9(11)13-14/h3-4,7-8,15H,5-6H2,1-2H3,(H2,11,13)(H,12,16). The highest BCUT2D eigenvalue weighted by atomic mass is 16.3. The van der Waals surface area contributed by atoms with Gasteiger partial charge >= 0.3 is 0 Å². The molecule has 6 heteroatoms. The third-order valence-electron chi connectivity index (χ3n) is 2.24. The van der Waals surface area contributed by atoms with Crippen LogP contribution in [0.5, 0.6) is 0 Å². The van der Waals surface area contributed by atoms with E-state index in [0.29, 0.717) is 5.82 Å². The van der Waals surface area contributed by atoms with Crippen LogP contribution in [0, 0.1) is 5.92 Å². The molecule has 6 nitrogen and oxygen atoms in total. The SMILES string of the molecule is CC(C)C(O)CNC(=O)Cn1ccc(N)n1. The van der Waals surface area contributed by atoms with Crippen molar-refractivity contribution >= 4 is 11.7 Å². The fourth-order valence-electron chi connectivity index (χ4n) is 1.12. The molecule has 1 aromatic heterocycles. The van der Waals surface area contributed by atoms with E-state index in [-0.39, 0.29) is 24.9 Å². The van der Waals surface area contributed by atoms with Crippen LogP contribution in [0.2, 0.25) is 0 Å². The molecule has 0 saturated carbocycles. The van der Waals surface area contributed by atoms with Crippen molar-refractivity contribution < 1.29 is 9.90 Å². The van der Waals surface area contributed by atoms with Crippen LogP contribution in [-0.2, 0) is 11.3 Å². The van der Waals surface area contributed by atoms with Crippen LogP contribution in [0.3, 0.4) is 0 Å². The molecule has 1 aromatic rings. The second-order valence-corrected chi connectivity index (χ2v) is 4.05. The molecule has 0 aliphatic carbocycles. The van der Waals surface area contributed by atoms with E-state index in [0.717, 1.165) is 0 Å². The van der Waals surface area contributed by atoms with Crippen LogP contribution >= 0.6 is 0 Å². The van der Waals surface area contributed by atoms with Crippen LogP contribution in [0.1, 0.15) is 13.8 Å². The molecular weight excluding hydrogens is 208 g/mol. The molecule has 4 N–H and O–H groups in total. The lowest BCUT2D eigenvalue weighted by Gasteiger charge is -2.14. The predicted molar refractivity (Wildman–Crippen MR) is 60.5 cm³/mol. The van der Waals surface area contributed by atoms with E-state index in [2.05, 4.69) is 10.4 Å². The Labute approximate surface area is 94.4 Å². The highest BCUT2D eigenvalue weighted by Gasteiger charge is 2.11. The summed E-state index contributed by atoms with van der Waals surface area (Å²) in [7, 11) is 0. The van der Waals surface area contributed by atoms with Crippen molar-refractivity contribution in [2.45, 2.75) is 26.5 Å². The Balaban J connectivity index is 2.31. The van der Waals surface area contributed by atoms with Gasteiger partial charge in [0.1, 0.15) is 12.4 Å². The van der Waals surface area contributed by atoms with Gasteiger partial charge in [-0.25, -0.2) is 0 Å². The fourth-order valence-corrected chi connectivity index (χ4v) is 1.12. The number of hydrogen-bond acceptors (Lipinski definition) is 4. The smallest absolute Gasteiger partial charge is 0.241 e. The number of carbonyl (C=O) groups excluding carboxylic acids is 1. The van der Waals surface area contributed by atoms with Gasteiger partial charge in [0.2, 0.25) is 5.91 Å². The molecule has 0 saturated heterocycles. The first kappa shape index (κ1) is 12.5. The van der Waals surface area contributed by atoms with Crippen molar-refractivity contribution in [2.75, 3.05) is 12.3 Å². The summed E-state index contributed by atoms with van der Waals surface area (Å²) in [5.41, 5.74) is 5.41. The molecule has 0 aliphatic rings. The number of anilines is 1.